The number of ether oxygens (including phenoxy) is 1. The molecule has 0 saturated carbocycles. The lowest BCUT2D eigenvalue weighted by molar-refractivity contribution is 0.0363. The van der Waals surface area contributed by atoms with E-state index in [0.717, 1.165) is 48.0 Å². The molecule has 3 N–H and O–H groups in total. The van der Waals surface area contributed by atoms with Crippen molar-refractivity contribution in [3.05, 3.63) is 95.1 Å². The fraction of sp³-hybridized carbons (Fsp3) is 0.250. The Morgan fingerprint density at radius 3 is 2.70 bits per heavy atom. The molecular weight excluding hydrogens is 563 g/mol. The van der Waals surface area contributed by atoms with Gasteiger partial charge in [-0.15, -0.1) is 0 Å². The van der Waals surface area contributed by atoms with Gasteiger partial charge >= 0.3 is 0 Å². The Hall–Kier alpha value is -5.07. The first-order chi connectivity index (χ1) is 21.4. The number of pyridine rings is 2. The van der Waals surface area contributed by atoms with Crippen molar-refractivity contribution in [1.29, 1.82) is 0 Å². The third kappa shape index (κ3) is 4.97. The number of nitrogen functional groups attached to an aromatic ring is 1. The van der Waals surface area contributed by atoms with Crippen molar-refractivity contribution in [1.82, 2.24) is 33.6 Å². The molecule has 0 bridgehead atoms. The highest BCUT2D eigenvalue weighted by Gasteiger charge is 2.25. The minimum atomic E-state index is -0.601. The molecule has 1 saturated heterocycles. The number of halogens is 1. The number of phenols is 1. The molecule has 0 spiro atoms. The van der Waals surface area contributed by atoms with Crippen molar-refractivity contribution in [2.75, 3.05) is 38.6 Å². The van der Waals surface area contributed by atoms with Crippen LogP contribution in [-0.2, 0) is 11.3 Å². The van der Waals surface area contributed by atoms with E-state index in [4.69, 9.17) is 15.6 Å². The van der Waals surface area contributed by atoms with Gasteiger partial charge in [0.15, 0.2) is 5.65 Å². The van der Waals surface area contributed by atoms with Gasteiger partial charge in [0.1, 0.15) is 29.4 Å². The van der Waals surface area contributed by atoms with Gasteiger partial charge in [0.2, 0.25) is 0 Å². The summed E-state index contributed by atoms with van der Waals surface area (Å²) in [6.45, 7) is 6.42. The molecule has 1 aliphatic rings. The van der Waals surface area contributed by atoms with Gasteiger partial charge in [0, 0.05) is 72.9 Å². The standard InChI is InChI=1S/C32H31FN8O3/c1-20(41-32-28(31(34)35-19-36-32)29(37-41)22-14-23(33)16-25(42)15-22)26-17-24-4-2-3-7-40(24)30(26)21-5-6-27(43)39(18-21)9-8-38-10-12-44-13-11-38/h2-7,14-20,42H,8-13H2,1H3,(H2,34,35,36). The molecule has 0 aliphatic carbocycles. The summed E-state index contributed by atoms with van der Waals surface area (Å²) in [7, 11) is 0. The van der Waals surface area contributed by atoms with Crippen molar-refractivity contribution in [3.63, 3.8) is 0 Å². The monoisotopic (exact) mass is 594 g/mol. The zero-order chi connectivity index (χ0) is 30.4. The third-order valence-corrected chi connectivity index (χ3v) is 8.22. The Labute approximate surface area is 251 Å². The molecule has 1 fully saturated rings. The zero-order valence-corrected chi connectivity index (χ0v) is 24.1. The van der Waals surface area contributed by atoms with Crippen molar-refractivity contribution in [3.8, 4) is 28.3 Å². The van der Waals surface area contributed by atoms with E-state index in [9.17, 15) is 14.3 Å². The van der Waals surface area contributed by atoms with Gasteiger partial charge in [-0.25, -0.2) is 19.0 Å². The third-order valence-electron chi connectivity index (χ3n) is 8.22. The minimum absolute atomic E-state index is 0.0642. The normalized spacial score (nSPS) is 14.9. The van der Waals surface area contributed by atoms with E-state index in [0.29, 0.717) is 42.0 Å². The molecule has 11 nitrogen and oxygen atoms in total. The number of nitrogens with zero attached hydrogens (tertiary/aromatic N) is 7. The Morgan fingerprint density at radius 2 is 1.89 bits per heavy atom. The van der Waals surface area contributed by atoms with Gasteiger partial charge in [-0.3, -0.25) is 9.69 Å². The zero-order valence-electron chi connectivity index (χ0n) is 24.1. The second kappa shape index (κ2) is 11.2. The number of nitrogens with two attached hydrogens (primary N) is 1. The number of anilines is 1. The number of rotatable bonds is 7. The lowest BCUT2D eigenvalue weighted by atomic mass is 10.0. The lowest BCUT2D eigenvalue weighted by Gasteiger charge is -2.26. The van der Waals surface area contributed by atoms with Crippen LogP contribution in [0.15, 0.2) is 78.1 Å². The highest BCUT2D eigenvalue weighted by atomic mass is 19.1. The largest absolute Gasteiger partial charge is 0.508 e. The maximum atomic E-state index is 14.3. The summed E-state index contributed by atoms with van der Waals surface area (Å²) in [6, 6.07) is 14.9. The van der Waals surface area contributed by atoms with Crippen LogP contribution in [0.25, 0.3) is 39.1 Å². The molecule has 0 amide bonds. The highest BCUT2D eigenvalue weighted by Crippen LogP contribution is 2.38. The Balaban J connectivity index is 1.35. The fourth-order valence-corrected chi connectivity index (χ4v) is 6.00. The molecule has 0 radical (unpaired) electrons. The van der Waals surface area contributed by atoms with Crippen LogP contribution in [0.2, 0.25) is 0 Å². The molecule has 7 rings (SSSR count). The Bertz CT molecular complexity index is 2040. The number of phenolic OH excluding ortho intramolecular Hbond substituents is 1. The van der Waals surface area contributed by atoms with E-state index in [1.54, 1.807) is 15.3 Å². The van der Waals surface area contributed by atoms with Crippen LogP contribution in [0.1, 0.15) is 18.5 Å². The van der Waals surface area contributed by atoms with E-state index in [1.165, 1.54) is 18.5 Å². The van der Waals surface area contributed by atoms with Gasteiger partial charge in [0.25, 0.3) is 5.56 Å². The SMILES string of the molecule is CC(c1cc2ccccn2c1-c1ccc(=O)n(CCN2CCOCC2)c1)n1nc(-c2cc(O)cc(F)c2)c2c(N)ncnc21. The molecule has 12 heteroatoms. The maximum absolute atomic E-state index is 14.3. The molecule has 44 heavy (non-hydrogen) atoms. The van der Waals surface area contributed by atoms with E-state index < -0.39 is 5.82 Å². The summed E-state index contributed by atoms with van der Waals surface area (Å²) < 4.78 is 25.4. The average molecular weight is 595 g/mol. The van der Waals surface area contributed by atoms with Crippen LogP contribution in [0.4, 0.5) is 10.2 Å². The second-order valence-electron chi connectivity index (χ2n) is 11.0. The predicted molar refractivity (Wildman–Crippen MR) is 165 cm³/mol. The number of aromatic nitrogens is 6. The van der Waals surface area contributed by atoms with Crippen molar-refractivity contribution >= 4 is 22.4 Å². The highest BCUT2D eigenvalue weighted by molar-refractivity contribution is 5.98. The number of hydrogen-bond donors (Lipinski definition) is 2. The van der Waals surface area contributed by atoms with Gasteiger partial charge in [0.05, 0.1) is 30.3 Å². The Morgan fingerprint density at radius 1 is 1.05 bits per heavy atom. The molecule has 224 valence electrons. The summed E-state index contributed by atoms with van der Waals surface area (Å²) in [5.74, 6) is -0.631. The molecule has 5 aromatic heterocycles. The molecule has 1 unspecified atom stereocenters. The molecule has 6 heterocycles. The van der Waals surface area contributed by atoms with Crippen LogP contribution in [-0.4, -0.2) is 71.6 Å². The van der Waals surface area contributed by atoms with E-state index in [1.807, 2.05) is 43.6 Å². The molecular formula is C32H31FN8O3. The van der Waals surface area contributed by atoms with Gasteiger partial charge in [-0.2, -0.15) is 5.10 Å². The molecule has 1 aliphatic heterocycles. The Kier molecular flexibility index (Phi) is 7.07. The smallest absolute Gasteiger partial charge is 0.250 e. The number of benzene rings is 1. The van der Waals surface area contributed by atoms with Crippen LogP contribution >= 0.6 is 0 Å². The van der Waals surface area contributed by atoms with Crippen molar-refractivity contribution in [2.45, 2.75) is 19.5 Å². The van der Waals surface area contributed by atoms with Crippen LogP contribution in [0.5, 0.6) is 5.75 Å². The first-order valence-corrected chi connectivity index (χ1v) is 14.5. The summed E-state index contributed by atoms with van der Waals surface area (Å²) in [6.07, 6.45) is 5.28. The summed E-state index contributed by atoms with van der Waals surface area (Å²) >= 11 is 0. The number of morpholine rings is 1. The lowest BCUT2D eigenvalue weighted by Crippen LogP contribution is -2.39. The van der Waals surface area contributed by atoms with E-state index in [2.05, 4.69) is 25.3 Å². The molecule has 6 aromatic rings. The first kappa shape index (κ1) is 27.7. The van der Waals surface area contributed by atoms with Gasteiger partial charge < -0.3 is 24.5 Å². The minimum Gasteiger partial charge on any atom is -0.508 e. The van der Waals surface area contributed by atoms with Crippen LogP contribution in [0.3, 0.4) is 0 Å². The molecule has 1 atom stereocenters. The van der Waals surface area contributed by atoms with Crippen LogP contribution in [0, 0.1) is 5.82 Å². The van der Waals surface area contributed by atoms with E-state index in [-0.39, 0.29) is 23.2 Å². The first-order valence-electron chi connectivity index (χ1n) is 14.5. The van der Waals surface area contributed by atoms with Crippen molar-refractivity contribution in [2.24, 2.45) is 0 Å². The van der Waals surface area contributed by atoms with Gasteiger partial charge in [-0.1, -0.05) is 6.07 Å². The number of fused-ring (bicyclic) bond motifs is 2. The maximum Gasteiger partial charge on any atom is 0.250 e. The number of hydrogen-bond acceptors (Lipinski definition) is 8. The number of aromatic hydroxyl groups is 1. The molecule has 1 aromatic carbocycles. The average Bonchev–Trinajstić information content (AvgIpc) is 3.61. The predicted octanol–water partition coefficient (Wildman–Crippen LogP) is 3.94. The summed E-state index contributed by atoms with van der Waals surface area (Å²) in [5, 5.41) is 15.5. The van der Waals surface area contributed by atoms with Gasteiger partial charge in [-0.05, 0) is 43.3 Å². The van der Waals surface area contributed by atoms with Crippen molar-refractivity contribution < 1.29 is 14.2 Å². The quantitative estimate of drug-likeness (QED) is 0.285. The van der Waals surface area contributed by atoms with E-state index >= 15 is 0 Å². The topological polar surface area (TPSA) is 129 Å². The summed E-state index contributed by atoms with van der Waals surface area (Å²) in [5.41, 5.74) is 11.1. The second-order valence-corrected chi connectivity index (χ2v) is 11.0. The fourth-order valence-electron chi connectivity index (χ4n) is 6.00. The summed E-state index contributed by atoms with van der Waals surface area (Å²) in [4.78, 5) is 23.9. The van der Waals surface area contributed by atoms with Crippen LogP contribution < -0.4 is 11.3 Å².